The third-order valence-electron chi connectivity index (χ3n) is 6.13. The summed E-state index contributed by atoms with van der Waals surface area (Å²) in [7, 11) is 0. The molecule has 170 valence electrons. The molecule has 1 fully saturated rings. The fraction of sp³-hybridized carbons (Fsp3) is 0.360. The van der Waals surface area contributed by atoms with Gasteiger partial charge in [0.1, 0.15) is 11.6 Å². The van der Waals surface area contributed by atoms with Gasteiger partial charge in [0, 0.05) is 25.3 Å². The number of para-hydroxylation sites is 2. The molecule has 1 saturated heterocycles. The molecule has 1 aliphatic rings. The highest BCUT2D eigenvalue weighted by atomic mass is 19.1. The van der Waals surface area contributed by atoms with E-state index in [0.29, 0.717) is 36.8 Å². The minimum absolute atomic E-state index is 0.0715. The molecule has 1 N–H and O–H groups in total. The van der Waals surface area contributed by atoms with Gasteiger partial charge in [-0.1, -0.05) is 32.0 Å². The van der Waals surface area contributed by atoms with Crippen LogP contribution in [0.5, 0.6) is 0 Å². The molecule has 0 bridgehead atoms. The first-order valence-electron chi connectivity index (χ1n) is 11.1. The Labute approximate surface area is 193 Å². The summed E-state index contributed by atoms with van der Waals surface area (Å²) in [5.74, 6) is 1.26. The summed E-state index contributed by atoms with van der Waals surface area (Å²) in [6.07, 6.45) is 3.72. The summed E-state index contributed by atoms with van der Waals surface area (Å²) < 4.78 is 14.2. The van der Waals surface area contributed by atoms with Gasteiger partial charge in [0.05, 0.1) is 23.3 Å². The van der Waals surface area contributed by atoms with E-state index in [1.165, 1.54) is 6.07 Å². The largest absolute Gasteiger partial charge is 0.351 e. The zero-order chi connectivity index (χ0) is 23.5. The molecule has 1 atom stereocenters. The zero-order valence-corrected chi connectivity index (χ0v) is 19.4. The zero-order valence-electron chi connectivity index (χ0n) is 19.4. The van der Waals surface area contributed by atoms with E-state index in [2.05, 4.69) is 38.9 Å². The first-order valence-corrected chi connectivity index (χ1v) is 11.1. The van der Waals surface area contributed by atoms with E-state index < -0.39 is 0 Å². The molecule has 0 spiro atoms. The number of hydrogen-bond donors (Lipinski definition) is 1. The molecule has 33 heavy (non-hydrogen) atoms. The van der Waals surface area contributed by atoms with E-state index in [9.17, 15) is 9.65 Å². The van der Waals surface area contributed by atoms with E-state index in [1.807, 2.05) is 43.6 Å². The van der Waals surface area contributed by atoms with Crippen LogP contribution in [-0.2, 0) is 0 Å². The lowest BCUT2D eigenvalue weighted by molar-refractivity contribution is 0.224. The van der Waals surface area contributed by atoms with Crippen molar-refractivity contribution in [2.24, 2.45) is 10.9 Å². The SMILES string of the molecule is Cc1cc(C)c(N/C(=N/C#N)N2CCN(c3cnc4ccccc4n3)CC2C(C)C)cc1F. The summed E-state index contributed by atoms with van der Waals surface area (Å²) in [5.41, 5.74) is 3.82. The van der Waals surface area contributed by atoms with Gasteiger partial charge in [0.15, 0.2) is 0 Å². The molecule has 0 radical (unpaired) electrons. The summed E-state index contributed by atoms with van der Waals surface area (Å²) in [6, 6.07) is 11.2. The van der Waals surface area contributed by atoms with Crippen molar-refractivity contribution in [3.05, 3.63) is 59.5 Å². The average molecular weight is 446 g/mol. The monoisotopic (exact) mass is 445 g/mol. The molecule has 2 heterocycles. The molecular formula is C25H28FN7. The maximum absolute atomic E-state index is 14.2. The Kier molecular flexibility index (Phi) is 6.40. The number of guanidine groups is 1. The number of rotatable bonds is 3. The van der Waals surface area contributed by atoms with Crippen LogP contribution in [0.2, 0.25) is 0 Å². The number of halogens is 1. The fourth-order valence-corrected chi connectivity index (χ4v) is 4.24. The van der Waals surface area contributed by atoms with Crippen molar-refractivity contribution in [3.8, 4) is 6.19 Å². The predicted octanol–water partition coefficient (Wildman–Crippen LogP) is 4.48. The number of nitriles is 1. The molecule has 7 nitrogen and oxygen atoms in total. The first kappa shape index (κ1) is 22.5. The van der Waals surface area contributed by atoms with Crippen molar-refractivity contribution in [2.75, 3.05) is 29.9 Å². The topological polar surface area (TPSA) is 80.4 Å². The van der Waals surface area contributed by atoms with Crippen molar-refractivity contribution >= 4 is 28.5 Å². The molecule has 1 aromatic heterocycles. The van der Waals surface area contributed by atoms with Crippen molar-refractivity contribution in [1.29, 1.82) is 5.26 Å². The van der Waals surface area contributed by atoms with E-state index in [0.717, 1.165) is 22.4 Å². The normalized spacial score (nSPS) is 16.9. The van der Waals surface area contributed by atoms with Crippen LogP contribution in [0, 0.1) is 37.0 Å². The lowest BCUT2D eigenvalue weighted by atomic mass is 9.99. The van der Waals surface area contributed by atoms with E-state index >= 15 is 0 Å². The van der Waals surface area contributed by atoms with Gasteiger partial charge in [0.25, 0.3) is 0 Å². The molecule has 4 rings (SSSR count). The average Bonchev–Trinajstić information content (AvgIpc) is 2.81. The molecule has 8 heteroatoms. The predicted molar refractivity (Wildman–Crippen MR) is 130 cm³/mol. The van der Waals surface area contributed by atoms with Crippen molar-refractivity contribution in [3.63, 3.8) is 0 Å². The number of fused-ring (bicyclic) bond motifs is 1. The lowest BCUT2D eigenvalue weighted by Gasteiger charge is -2.45. The Bertz CT molecular complexity index is 1230. The van der Waals surface area contributed by atoms with Gasteiger partial charge in [-0.15, -0.1) is 4.99 Å². The number of aliphatic imine (C=N–C) groups is 1. The van der Waals surface area contributed by atoms with Gasteiger partial charge in [0.2, 0.25) is 12.2 Å². The third kappa shape index (κ3) is 4.72. The molecule has 0 aliphatic carbocycles. The van der Waals surface area contributed by atoms with Crippen LogP contribution in [0.4, 0.5) is 15.9 Å². The number of aromatic nitrogens is 2. The van der Waals surface area contributed by atoms with E-state index in [1.54, 1.807) is 13.0 Å². The Hall–Kier alpha value is -3.73. The van der Waals surface area contributed by atoms with Gasteiger partial charge in [-0.25, -0.2) is 9.37 Å². The second kappa shape index (κ2) is 9.41. The van der Waals surface area contributed by atoms with Gasteiger partial charge in [-0.05, 0) is 49.1 Å². The molecule has 1 aliphatic heterocycles. The van der Waals surface area contributed by atoms with Gasteiger partial charge in [-0.2, -0.15) is 5.26 Å². The van der Waals surface area contributed by atoms with Crippen LogP contribution in [0.25, 0.3) is 11.0 Å². The van der Waals surface area contributed by atoms with Crippen molar-refractivity contribution < 1.29 is 4.39 Å². The highest BCUT2D eigenvalue weighted by molar-refractivity contribution is 5.95. The van der Waals surface area contributed by atoms with E-state index in [-0.39, 0.29) is 17.8 Å². The first-order chi connectivity index (χ1) is 15.9. The van der Waals surface area contributed by atoms with Crippen molar-refractivity contribution in [1.82, 2.24) is 14.9 Å². The molecule has 3 aromatic rings. The smallest absolute Gasteiger partial charge is 0.214 e. The quantitative estimate of drug-likeness (QED) is 0.364. The summed E-state index contributed by atoms with van der Waals surface area (Å²) in [5, 5.41) is 12.6. The number of nitrogens with zero attached hydrogens (tertiary/aromatic N) is 6. The molecule has 0 amide bonds. The van der Waals surface area contributed by atoms with Gasteiger partial charge < -0.3 is 15.1 Å². The van der Waals surface area contributed by atoms with Gasteiger partial charge in [-0.3, -0.25) is 4.98 Å². The highest BCUT2D eigenvalue weighted by Crippen LogP contribution is 2.25. The number of hydrogen-bond acceptors (Lipinski definition) is 5. The van der Waals surface area contributed by atoms with Crippen LogP contribution in [0.1, 0.15) is 25.0 Å². The third-order valence-corrected chi connectivity index (χ3v) is 6.13. The Morgan fingerprint density at radius 3 is 2.67 bits per heavy atom. The number of nitrogens with one attached hydrogen (secondary N) is 1. The maximum atomic E-state index is 14.2. The minimum Gasteiger partial charge on any atom is -0.351 e. The second-order valence-corrected chi connectivity index (χ2v) is 8.74. The summed E-state index contributed by atoms with van der Waals surface area (Å²) in [6.45, 7) is 9.98. The van der Waals surface area contributed by atoms with E-state index in [4.69, 9.17) is 4.98 Å². The highest BCUT2D eigenvalue weighted by Gasteiger charge is 2.32. The van der Waals surface area contributed by atoms with Gasteiger partial charge >= 0.3 is 0 Å². The van der Waals surface area contributed by atoms with Crippen LogP contribution in [0.15, 0.2) is 47.6 Å². The van der Waals surface area contributed by atoms with Crippen molar-refractivity contribution in [2.45, 2.75) is 33.7 Å². The number of anilines is 2. The summed E-state index contributed by atoms with van der Waals surface area (Å²) in [4.78, 5) is 17.8. The Morgan fingerprint density at radius 2 is 1.94 bits per heavy atom. The number of aryl methyl sites for hydroxylation is 2. The second-order valence-electron chi connectivity index (χ2n) is 8.74. The standard InChI is InChI=1S/C25H28FN7/c1-16(2)23-14-32(24-13-28-20-7-5-6-8-21(20)30-24)9-10-33(23)25(29-15-27)31-22-12-19(26)17(3)11-18(22)4/h5-8,11-13,16,23H,9-10,14H2,1-4H3,(H,29,31). The minimum atomic E-state index is -0.292. The molecule has 1 unspecified atom stereocenters. The van der Waals surface area contributed by atoms with Crippen LogP contribution >= 0.6 is 0 Å². The molecule has 0 saturated carbocycles. The number of piperazine rings is 1. The Morgan fingerprint density at radius 1 is 1.18 bits per heavy atom. The van der Waals surface area contributed by atoms with Crippen LogP contribution < -0.4 is 10.2 Å². The van der Waals surface area contributed by atoms with Crippen LogP contribution in [0.3, 0.4) is 0 Å². The maximum Gasteiger partial charge on any atom is 0.214 e. The van der Waals surface area contributed by atoms with Crippen LogP contribution in [-0.4, -0.2) is 46.5 Å². The summed E-state index contributed by atoms with van der Waals surface area (Å²) >= 11 is 0. The molecular weight excluding hydrogens is 417 g/mol. The molecule has 2 aromatic carbocycles. The Balaban J connectivity index is 1.60. The fourth-order valence-electron chi connectivity index (χ4n) is 4.24. The number of benzene rings is 2. The lowest BCUT2D eigenvalue weighted by Crippen LogP contribution is -2.58.